The number of rotatable bonds is 2. The van der Waals surface area contributed by atoms with Gasteiger partial charge in [-0.3, -0.25) is 0 Å². The minimum atomic E-state index is -1.21. The molecule has 1 N–H and O–H groups in total. The van der Waals surface area contributed by atoms with Gasteiger partial charge in [-0.15, -0.1) is 0 Å². The summed E-state index contributed by atoms with van der Waals surface area (Å²) in [7, 11) is 0. The summed E-state index contributed by atoms with van der Waals surface area (Å²) in [6, 6.07) is 0. The zero-order valence-corrected chi connectivity index (χ0v) is 7.05. The van der Waals surface area contributed by atoms with E-state index in [0.29, 0.717) is 0 Å². The van der Waals surface area contributed by atoms with Crippen molar-refractivity contribution in [1.29, 1.82) is 0 Å². The molecule has 0 amide bonds. The molecule has 0 aromatic heterocycles. The van der Waals surface area contributed by atoms with Crippen LogP contribution in [0.25, 0.3) is 0 Å². The number of aliphatic carboxylic acids is 1. The molecule has 0 saturated carbocycles. The van der Waals surface area contributed by atoms with Crippen molar-refractivity contribution in [3.8, 4) is 0 Å². The number of aliphatic hydroxyl groups excluding tert-OH is 1. The summed E-state index contributed by atoms with van der Waals surface area (Å²) in [5.41, 5.74) is 0. The topological polar surface area (TPSA) is 60.4 Å². The number of hydrogen-bond donors (Lipinski definition) is 1. The maximum absolute atomic E-state index is 9.54. The average molecular weight is 127 g/mol. The van der Waals surface area contributed by atoms with Gasteiger partial charge in [0.1, 0.15) is 0 Å². The van der Waals surface area contributed by atoms with Gasteiger partial charge in [0, 0.05) is 12.4 Å². The molecule has 42 valence electrons. The van der Waals surface area contributed by atoms with Gasteiger partial charge in [-0.2, -0.15) is 0 Å². The SMILES string of the molecule is CC(O)C[13C](=O)[O-].[Na+]. The predicted molar refractivity (Wildman–Crippen MR) is 21.3 cm³/mol. The first-order valence-electron chi connectivity index (χ1n) is 2.01. The Balaban J connectivity index is 0. The molecule has 4 heteroatoms. The van der Waals surface area contributed by atoms with E-state index in [4.69, 9.17) is 5.11 Å². The fraction of sp³-hybridized carbons (Fsp3) is 0.750. The quantitative estimate of drug-likeness (QED) is 0.300. The fourth-order valence-corrected chi connectivity index (χ4v) is 0.241. The molecule has 0 aromatic rings. The second-order valence-corrected chi connectivity index (χ2v) is 1.43. The molecule has 0 bridgehead atoms. The van der Waals surface area contributed by atoms with Crippen molar-refractivity contribution < 1.29 is 44.6 Å². The van der Waals surface area contributed by atoms with Gasteiger partial charge >= 0.3 is 29.6 Å². The first kappa shape index (κ1) is 11.3. The molecule has 0 aliphatic heterocycles. The fourth-order valence-electron chi connectivity index (χ4n) is 0.241. The van der Waals surface area contributed by atoms with E-state index in [-0.39, 0.29) is 36.0 Å². The second-order valence-electron chi connectivity index (χ2n) is 1.43. The first-order chi connectivity index (χ1) is 3.13. The van der Waals surface area contributed by atoms with Crippen molar-refractivity contribution in [2.45, 2.75) is 19.4 Å². The first-order valence-corrected chi connectivity index (χ1v) is 2.01. The Morgan fingerprint density at radius 1 is 1.88 bits per heavy atom. The molecule has 0 aromatic carbocycles. The minimum Gasteiger partial charge on any atom is -0.550 e. The van der Waals surface area contributed by atoms with Gasteiger partial charge in [0.15, 0.2) is 0 Å². The van der Waals surface area contributed by atoms with E-state index in [1.54, 1.807) is 0 Å². The summed E-state index contributed by atoms with van der Waals surface area (Å²) < 4.78 is 0. The van der Waals surface area contributed by atoms with E-state index in [0.717, 1.165) is 0 Å². The predicted octanol–water partition coefficient (Wildman–Crippen LogP) is -4.49. The Labute approximate surface area is 70.0 Å². The van der Waals surface area contributed by atoms with E-state index in [1.165, 1.54) is 6.92 Å². The Hall–Kier alpha value is 0.430. The van der Waals surface area contributed by atoms with Gasteiger partial charge in [-0.05, 0) is 6.92 Å². The molecular formula is C4H7NaO3. The van der Waals surface area contributed by atoms with Crippen molar-refractivity contribution >= 4 is 5.97 Å². The molecule has 1 atom stereocenters. The van der Waals surface area contributed by atoms with E-state index in [9.17, 15) is 9.90 Å². The molecule has 0 spiro atoms. The van der Waals surface area contributed by atoms with Gasteiger partial charge in [0.2, 0.25) is 0 Å². The normalized spacial score (nSPS) is 11.8. The minimum absolute atomic E-state index is 0. The van der Waals surface area contributed by atoms with E-state index in [1.807, 2.05) is 0 Å². The molecule has 0 saturated heterocycles. The van der Waals surface area contributed by atoms with E-state index < -0.39 is 12.1 Å². The van der Waals surface area contributed by atoms with Crippen LogP contribution in [0.15, 0.2) is 0 Å². The maximum atomic E-state index is 9.54. The summed E-state index contributed by atoms with van der Waals surface area (Å²) in [4.78, 5) is 9.54. The Morgan fingerprint density at radius 3 is 2.25 bits per heavy atom. The number of carboxylic acid groups (broad SMARTS) is 1. The number of aliphatic hydroxyl groups is 1. The Morgan fingerprint density at radius 2 is 2.25 bits per heavy atom. The van der Waals surface area contributed by atoms with Crippen LogP contribution in [0.5, 0.6) is 0 Å². The molecule has 0 rings (SSSR count). The smallest absolute Gasteiger partial charge is 0.550 e. The molecule has 0 heterocycles. The molecule has 1 unspecified atom stereocenters. The third-order valence-electron chi connectivity index (χ3n) is 0.462. The van der Waals surface area contributed by atoms with Crippen LogP contribution in [0.1, 0.15) is 13.3 Å². The summed E-state index contributed by atoms with van der Waals surface area (Å²) in [6.07, 6.45) is -1.06. The van der Waals surface area contributed by atoms with Crippen molar-refractivity contribution in [2.75, 3.05) is 0 Å². The monoisotopic (exact) mass is 127 g/mol. The molecule has 0 aliphatic carbocycles. The van der Waals surface area contributed by atoms with Gasteiger partial charge in [0.05, 0.1) is 6.10 Å². The third-order valence-corrected chi connectivity index (χ3v) is 0.462. The van der Waals surface area contributed by atoms with Gasteiger partial charge in [-0.25, -0.2) is 0 Å². The van der Waals surface area contributed by atoms with Crippen LogP contribution in [0.3, 0.4) is 0 Å². The molecule has 3 nitrogen and oxygen atoms in total. The summed E-state index contributed by atoms with van der Waals surface area (Å²) in [5, 5.41) is 17.8. The van der Waals surface area contributed by atoms with E-state index >= 15 is 0 Å². The van der Waals surface area contributed by atoms with Gasteiger partial charge in [0.25, 0.3) is 0 Å². The molecule has 0 fully saturated rings. The second kappa shape index (κ2) is 5.56. The summed E-state index contributed by atoms with van der Waals surface area (Å²) in [6.45, 7) is 1.40. The summed E-state index contributed by atoms with van der Waals surface area (Å²) >= 11 is 0. The maximum Gasteiger partial charge on any atom is 1.00 e. The zero-order valence-electron chi connectivity index (χ0n) is 5.05. The molecule has 0 aliphatic rings. The van der Waals surface area contributed by atoms with Crippen molar-refractivity contribution in [1.82, 2.24) is 0 Å². The summed E-state index contributed by atoms with van der Waals surface area (Å²) in [5.74, 6) is -1.21. The van der Waals surface area contributed by atoms with Crippen LogP contribution in [-0.4, -0.2) is 17.2 Å². The zero-order chi connectivity index (χ0) is 5.86. The van der Waals surface area contributed by atoms with E-state index in [2.05, 4.69) is 0 Å². The van der Waals surface area contributed by atoms with Gasteiger partial charge < -0.3 is 15.0 Å². The Bertz CT molecular complexity index is 71.7. The molecule has 0 radical (unpaired) electrons. The number of carbonyl (C=O) groups excluding carboxylic acids is 1. The van der Waals surface area contributed by atoms with Crippen molar-refractivity contribution in [3.63, 3.8) is 0 Å². The number of carboxylic acids is 1. The van der Waals surface area contributed by atoms with Crippen molar-refractivity contribution in [2.24, 2.45) is 0 Å². The molecule has 8 heavy (non-hydrogen) atoms. The largest absolute Gasteiger partial charge is 1.00 e. The number of hydrogen-bond acceptors (Lipinski definition) is 3. The van der Waals surface area contributed by atoms with Crippen LogP contribution in [0.4, 0.5) is 0 Å². The van der Waals surface area contributed by atoms with Crippen LogP contribution >= 0.6 is 0 Å². The van der Waals surface area contributed by atoms with Crippen LogP contribution in [-0.2, 0) is 4.79 Å². The third kappa shape index (κ3) is 9.66. The molecular weight excluding hydrogens is 120 g/mol. The Kier molecular flexibility index (Phi) is 7.83. The van der Waals surface area contributed by atoms with Crippen LogP contribution in [0.2, 0.25) is 0 Å². The number of carbonyl (C=O) groups is 1. The van der Waals surface area contributed by atoms with Crippen LogP contribution < -0.4 is 34.7 Å². The van der Waals surface area contributed by atoms with Crippen molar-refractivity contribution in [3.05, 3.63) is 0 Å². The van der Waals surface area contributed by atoms with Crippen LogP contribution in [0, 0.1) is 0 Å². The standard InChI is InChI=1S/C4H8O3.Na/c1-3(5)2-4(6)7;/h3,5H,2H2,1H3,(H,6,7);/q;+1/p-1/i4+1;. The van der Waals surface area contributed by atoms with Gasteiger partial charge in [-0.1, -0.05) is 0 Å². The average Bonchev–Trinajstić information content (AvgIpc) is 1.27.